The first kappa shape index (κ1) is 18.7. The van der Waals surface area contributed by atoms with Crippen LogP contribution in [0, 0.1) is 12.7 Å². The Morgan fingerprint density at radius 3 is 2.89 bits per heavy atom. The van der Waals surface area contributed by atoms with Crippen molar-refractivity contribution in [1.82, 2.24) is 0 Å². The molecule has 2 aliphatic heterocycles. The van der Waals surface area contributed by atoms with Crippen LogP contribution in [0.4, 0.5) is 4.39 Å². The summed E-state index contributed by atoms with van der Waals surface area (Å²) in [5.41, 5.74) is 0.999. The van der Waals surface area contributed by atoms with Gasteiger partial charge in [0.05, 0.1) is 10.6 Å². The minimum absolute atomic E-state index is 0.0484. The number of carbonyl (C=O) groups excluding carboxylic acids is 2. The first-order valence-corrected chi connectivity index (χ1v) is 9.18. The van der Waals surface area contributed by atoms with Crippen molar-refractivity contribution in [3.8, 4) is 11.5 Å². The van der Waals surface area contributed by atoms with Crippen LogP contribution in [0.25, 0.3) is 6.08 Å². The largest absolute Gasteiger partial charge is 0.452 e. The number of Topliss-reactive ketones (excluding diaryl/α,β-unsaturated/α-hetero) is 1. The number of esters is 1. The van der Waals surface area contributed by atoms with E-state index in [-0.39, 0.29) is 33.6 Å². The molecule has 1 unspecified atom stereocenters. The summed E-state index contributed by atoms with van der Waals surface area (Å²) in [4.78, 5) is 24.8. The predicted octanol–water partition coefficient (Wildman–Crippen LogP) is 4.49. The number of ether oxygens (including phenoxy) is 3. The molecule has 1 atom stereocenters. The number of aryl methyl sites for hydroxylation is 1. The van der Waals surface area contributed by atoms with Crippen molar-refractivity contribution < 1.29 is 28.2 Å². The van der Waals surface area contributed by atoms with Crippen LogP contribution in [0.3, 0.4) is 0 Å². The molecule has 144 valence electrons. The highest BCUT2D eigenvalue weighted by atomic mass is 35.5. The number of ketones is 1. The Hall–Kier alpha value is -2.70. The van der Waals surface area contributed by atoms with Gasteiger partial charge in [-0.3, -0.25) is 4.79 Å². The zero-order valence-electron chi connectivity index (χ0n) is 15.0. The molecule has 2 heterocycles. The van der Waals surface area contributed by atoms with Crippen LogP contribution in [-0.4, -0.2) is 24.5 Å². The highest BCUT2D eigenvalue weighted by molar-refractivity contribution is 6.32. The van der Waals surface area contributed by atoms with Gasteiger partial charge in [-0.15, -0.1) is 0 Å². The lowest BCUT2D eigenvalue weighted by Crippen LogP contribution is -2.24. The van der Waals surface area contributed by atoms with Gasteiger partial charge in [0.1, 0.15) is 17.3 Å². The van der Waals surface area contributed by atoms with Gasteiger partial charge in [-0.2, -0.15) is 0 Å². The quantitative estimate of drug-likeness (QED) is 0.430. The van der Waals surface area contributed by atoms with Crippen LogP contribution < -0.4 is 9.47 Å². The molecular formula is C21H16ClFO5. The Balaban J connectivity index is 1.62. The number of hydrogen-bond acceptors (Lipinski definition) is 5. The summed E-state index contributed by atoms with van der Waals surface area (Å²) in [6.07, 6.45) is 2.13. The lowest BCUT2D eigenvalue weighted by molar-refractivity contribution is -0.144. The van der Waals surface area contributed by atoms with Gasteiger partial charge in [-0.1, -0.05) is 17.7 Å². The number of carbonyl (C=O) groups is 2. The number of benzene rings is 2. The summed E-state index contributed by atoms with van der Waals surface area (Å²) in [6, 6.07) is 7.31. The van der Waals surface area contributed by atoms with E-state index in [1.165, 1.54) is 30.3 Å². The van der Waals surface area contributed by atoms with E-state index < -0.39 is 17.9 Å². The third-order valence-corrected chi connectivity index (χ3v) is 4.96. The van der Waals surface area contributed by atoms with E-state index in [0.717, 1.165) is 6.42 Å². The van der Waals surface area contributed by atoms with Crippen molar-refractivity contribution in [2.24, 2.45) is 0 Å². The maximum absolute atomic E-state index is 14.0. The zero-order chi connectivity index (χ0) is 19.8. The molecule has 0 aromatic heterocycles. The molecule has 2 aliphatic rings. The van der Waals surface area contributed by atoms with Gasteiger partial charge in [0.15, 0.2) is 11.9 Å². The van der Waals surface area contributed by atoms with Crippen molar-refractivity contribution in [1.29, 1.82) is 0 Å². The molecule has 1 fully saturated rings. The smallest absolute Gasteiger partial charge is 0.340 e. The normalized spacial score (nSPS) is 19.6. The van der Waals surface area contributed by atoms with Gasteiger partial charge in [0, 0.05) is 18.2 Å². The molecule has 1 saturated heterocycles. The molecule has 7 heteroatoms. The molecule has 0 spiro atoms. The SMILES string of the molecule is Cc1cc(OC(=O)C2CCCO2)cc2c1C(=O)/C(=C/c1c(F)cccc1Cl)O2. The van der Waals surface area contributed by atoms with Crippen molar-refractivity contribution in [2.45, 2.75) is 25.9 Å². The minimum Gasteiger partial charge on any atom is -0.452 e. The lowest BCUT2D eigenvalue weighted by Gasteiger charge is -2.11. The Morgan fingerprint density at radius 1 is 1.36 bits per heavy atom. The number of allylic oxidation sites excluding steroid dienone is 1. The lowest BCUT2D eigenvalue weighted by atomic mass is 10.0. The summed E-state index contributed by atoms with van der Waals surface area (Å²) >= 11 is 6.02. The molecule has 2 aromatic rings. The molecule has 0 amide bonds. The molecular weight excluding hydrogens is 387 g/mol. The van der Waals surface area contributed by atoms with Gasteiger partial charge in [-0.05, 0) is 49.6 Å². The predicted molar refractivity (Wildman–Crippen MR) is 100 cm³/mol. The Labute approximate surface area is 165 Å². The summed E-state index contributed by atoms with van der Waals surface area (Å²) in [5.74, 6) is -0.963. The second-order valence-electron chi connectivity index (χ2n) is 6.61. The summed E-state index contributed by atoms with van der Waals surface area (Å²) < 4.78 is 30.3. The maximum Gasteiger partial charge on any atom is 0.340 e. The molecule has 0 radical (unpaired) electrons. The maximum atomic E-state index is 14.0. The Bertz CT molecular complexity index is 988. The fourth-order valence-corrected chi connectivity index (χ4v) is 3.48. The van der Waals surface area contributed by atoms with Crippen LogP contribution in [0.15, 0.2) is 36.1 Å². The van der Waals surface area contributed by atoms with Gasteiger partial charge in [0.25, 0.3) is 0 Å². The molecule has 4 rings (SSSR count). The van der Waals surface area contributed by atoms with Crippen LogP contribution in [-0.2, 0) is 9.53 Å². The summed E-state index contributed by atoms with van der Waals surface area (Å²) in [6.45, 7) is 2.25. The monoisotopic (exact) mass is 402 g/mol. The molecule has 0 aliphatic carbocycles. The van der Waals surface area contributed by atoms with Crippen molar-refractivity contribution in [2.75, 3.05) is 6.61 Å². The van der Waals surface area contributed by atoms with Crippen molar-refractivity contribution >= 4 is 29.4 Å². The van der Waals surface area contributed by atoms with E-state index in [2.05, 4.69) is 0 Å². The fraction of sp³-hybridized carbons (Fsp3) is 0.238. The second-order valence-corrected chi connectivity index (χ2v) is 7.02. The molecule has 28 heavy (non-hydrogen) atoms. The highest BCUT2D eigenvalue weighted by Gasteiger charge is 2.32. The zero-order valence-corrected chi connectivity index (χ0v) is 15.7. The van der Waals surface area contributed by atoms with E-state index in [1.807, 2.05) is 0 Å². The van der Waals surface area contributed by atoms with Gasteiger partial charge < -0.3 is 14.2 Å². The molecule has 0 N–H and O–H groups in total. The van der Waals surface area contributed by atoms with E-state index in [9.17, 15) is 14.0 Å². The molecule has 5 nitrogen and oxygen atoms in total. The standard InChI is InChI=1S/C21H16ClFO5/c1-11-8-12(27-21(25)16-6-3-7-26-16)9-17-19(11)20(24)18(28-17)10-13-14(22)4-2-5-15(13)23/h2,4-5,8-10,16H,3,6-7H2,1H3/b18-10-. The highest BCUT2D eigenvalue weighted by Crippen LogP contribution is 2.38. The fourth-order valence-electron chi connectivity index (χ4n) is 3.26. The number of halogens is 2. The molecule has 0 bridgehead atoms. The summed E-state index contributed by atoms with van der Waals surface area (Å²) in [7, 11) is 0. The van der Waals surface area contributed by atoms with E-state index >= 15 is 0 Å². The number of hydrogen-bond donors (Lipinski definition) is 0. The topological polar surface area (TPSA) is 61.8 Å². The second kappa shape index (κ2) is 7.37. The minimum atomic E-state index is -0.574. The van der Waals surface area contributed by atoms with Crippen LogP contribution >= 0.6 is 11.6 Å². The number of rotatable bonds is 3. The third kappa shape index (κ3) is 3.41. The van der Waals surface area contributed by atoms with E-state index in [1.54, 1.807) is 13.0 Å². The van der Waals surface area contributed by atoms with Crippen molar-refractivity contribution in [3.63, 3.8) is 0 Å². The van der Waals surface area contributed by atoms with E-state index in [4.69, 9.17) is 25.8 Å². The van der Waals surface area contributed by atoms with Crippen LogP contribution in [0.2, 0.25) is 5.02 Å². The van der Waals surface area contributed by atoms with Gasteiger partial charge in [0.2, 0.25) is 5.78 Å². The number of fused-ring (bicyclic) bond motifs is 1. The van der Waals surface area contributed by atoms with Crippen LogP contribution in [0.1, 0.15) is 34.3 Å². The van der Waals surface area contributed by atoms with Gasteiger partial charge in [-0.25, -0.2) is 9.18 Å². The molecule has 2 aromatic carbocycles. The Kier molecular flexibility index (Phi) is 4.91. The molecule has 0 saturated carbocycles. The van der Waals surface area contributed by atoms with Crippen molar-refractivity contribution in [3.05, 3.63) is 63.6 Å². The first-order valence-electron chi connectivity index (χ1n) is 8.80. The average Bonchev–Trinajstić information content (AvgIpc) is 3.27. The Morgan fingerprint density at radius 2 is 2.18 bits per heavy atom. The van der Waals surface area contributed by atoms with E-state index in [0.29, 0.717) is 24.2 Å². The average molecular weight is 403 g/mol. The third-order valence-electron chi connectivity index (χ3n) is 4.63. The first-order chi connectivity index (χ1) is 13.4. The van der Waals surface area contributed by atoms with Crippen LogP contribution in [0.5, 0.6) is 11.5 Å². The summed E-state index contributed by atoms with van der Waals surface area (Å²) in [5, 5.41) is 0.169. The van der Waals surface area contributed by atoms with Gasteiger partial charge >= 0.3 is 5.97 Å².